The first-order valence-electron chi connectivity index (χ1n) is 8.88. The van der Waals surface area contributed by atoms with Gasteiger partial charge in [0.05, 0.1) is 4.90 Å². The van der Waals surface area contributed by atoms with Gasteiger partial charge >= 0.3 is 0 Å². The molecule has 0 atom stereocenters. The normalized spacial score (nSPS) is 11.2. The minimum atomic E-state index is -3.87. The highest BCUT2D eigenvalue weighted by molar-refractivity contribution is 7.92. The van der Waals surface area contributed by atoms with Crippen LogP contribution in [0.3, 0.4) is 0 Å². The van der Waals surface area contributed by atoms with Crippen molar-refractivity contribution >= 4 is 33.2 Å². The zero-order valence-electron chi connectivity index (χ0n) is 16.4. The molecular weight excluding hydrogens is 378 g/mol. The Hall–Kier alpha value is -2.87. The topological polar surface area (TPSA) is 104 Å². The third-order valence-electron chi connectivity index (χ3n) is 3.89. The lowest BCUT2D eigenvalue weighted by atomic mass is 10.1. The summed E-state index contributed by atoms with van der Waals surface area (Å²) in [5.74, 6) is -0.225. The summed E-state index contributed by atoms with van der Waals surface area (Å²) < 4.78 is 27.9. The molecule has 0 aliphatic heterocycles. The smallest absolute Gasteiger partial charge is 0.261 e. The van der Waals surface area contributed by atoms with Crippen molar-refractivity contribution in [3.05, 3.63) is 53.6 Å². The second-order valence-electron chi connectivity index (χ2n) is 6.94. The van der Waals surface area contributed by atoms with Gasteiger partial charge in [0.1, 0.15) is 0 Å². The van der Waals surface area contributed by atoms with E-state index < -0.39 is 10.0 Å². The van der Waals surface area contributed by atoms with Gasteiger partial charge in [-0.25, -0.2) is 8.42 Å². The average Bonchev–Trinajstić information content (AvgIpc) is 2.61. The molecule has 2 aromatic carbocycles. The van der Waals surface area contributed by atoms with Crippen LogP contribution in [-0.4, -0.2) is 26.8 Å². The van der Waals surface area contributed by atoms with Gasteiger partial charge in [0.2, 0.25) is 5.91 Å². The molecule has 2 rings (SSSR count). The fourth-order valence-corrected chi connectivity index (χ4v) is 3.53. The van der Waals surface area contributed by atoms with Crippen LogP contribution < -0.4 is 15.4 Å². The first-order valence-corrected chi connectivity index (χ1v) is 10.4. The van der Waals surface area contributed by atoms with Crippen molar-refractivity contribution < 1.29 is 18.0 Å². The van der Waals surface area contributed by atoms with E-state index in [4.69, 9.17) is 0 Å². The van der Waals surface area contributed by atoms with Gasteiger partial charge in [-0.2, -0.15) is 0 Å². The lowest BCUT2D eigenvalue weighted by Gasteiger charge is -2.13. The van der Waals surface area contributed by atoms with Crippen molar-refractivity contribution in [2.75, 3.05) is 16.6 Å². The molecule has 0 saturated carbocycles. The number of rotatable bonds is 7. The summed E-state index contributed by atoms with van der Waals surface area (Å²) in [6, 6.07) is 10.7. The Morgan fingerprint density at radius 3 is 2.18 bits per heavy atom. The zero-order chi connectivity index (χ0) is 20.9. The van der Waals surface area contributed by atoms with E-state index >= 15 is 0 Å². The van der Waals surface area contributed by atoms with Crippen LogP contribution in [0, 0.1) is 12.8 Å². The van der Waals surface area contributed by atoms with Gasteiger partial charge in [0.25, 0.3) is 15.9 Å². The number of carbonyl (C=O) groups is 2. The van der Waals surface area contributed by atoms with Crippen LogP contribution in [0.15, 0.2) is 47.4 Å². The summed E-state index contributed by atoms with van der Waals surface area (Å²) >= 11 is 0. The number of hydrogen-bond acceptors (Lipinski definition) is 4. The maximum atomic E-state index is 12.7. The molecule has 3 N–H and O–H groups in total. The molecule has 0 radical (unpaired) electrons. The number of benzene rings is 2. The second kappa shape index (κ2) is 8.88. The molecule has 0 saturated heterocycles. The Morgan fingerprint density at radius 1 is 1.00 bits per heavy atom. The van der Waals surface area contributed by atoms with Crippen LogP contribution >= 0.6 is 0 Å². The highest BCUT2D eigenvalue weighted by Crippen LogP contribution is 2.21. The second-order valence-corrected chi connectivity index (χ2v) is 8.63. The molecule has 0 unspecified atom stereocenters. The van der Waals surface area contributed by atoms with Crippen molar-refractivity contribution in [2.45, 2.75) is 32.6 Å². The minimum absolute atomic E-state index is 0.00117. The van der Waals surface area contributed by atoms with Crippen molar-refractivity contribution in [3.8, 4) is 0 Å². The summed E-state index contributed by atoms with van der Waals surface area (Å²) in [7, 11) is -3.87. The summed E-state index contributed by atoms with van der Waals surface area (Å²) in [5, 5.41) is 5.41. The Kier molecular flexibility index (Phi) is 6.80. The Balaban J connectivity index is 2.22. The lowest BCUT2D eigenvalue weighted by Crippen LogP contribution is -2.28. The van der Waals surface area contributed by atoms with E-state index in [0.29, 0.717) is 35.0 Å². The number of aryl methyl sites for hydroxylation is 1. The van der Waals surface area contributed by atoms with Crippen molar-refractivity contribution in [1.29, 1.82) is 0 Å². The number of nitrogens with one attached hydrogen (secondary N) is 3. The summed E-state index contributed by atoms with van der Waals surface area (Å²) in [5.41, 5.74) is 1.93. The summed E-state index contributed by atoms with van der Waals surface area (Å²) in [6.07, 6.45) is 0. The fourth-order valence-electron chi connectivity index (χ4n) is 2.44. The Labute approximate surface area is 165 Å². The molecule has 0 bridgehead atoms. The lowest BCUT2D eigenvalue weighted by molar-refractivity contribution is -0.114. The zero-order valence-corrected chi connectivity index (χ0v) is 17.2. The highest BCUT2D eigenvalue weighted by atomic mass is 32.2. The van der Waals surface area contributed by atoms with E-state index in [2.05, 4.69) is 15.4 Å². The molecule has 2 aromatic rings. The summed E-state index contributed by atoms with van der Waals surface area (Å²) in [6.45, 7) is 7.62. The molecular formula is C20H25N3O4S. The average molecular weight is 404 g/mol. The van der Waals surface area contributed by atoms with Crippen molar-refractivity contribution in [3.63, 3.8) is 0 Å². The van der Waals surface area contributed by atoms with E-state index in [1.54, 1.807) is 37.3 Å². The molecule has 2 amide bonds. The minimum Gasteiger partial charge on any atom is -0.352 e. The molecule has 0 heterocycles. The van der Waals surface area contributed by atoms with E-state index in [1.165, 1.54) is 19.1 Å². The van der Waals surface area contributed by atoms with Gasteiger partial charge in [0, 0.05) is 30.4 Å². The molecule has 0 fully saturated rings. The van der Waals surface area contributed by atoms with E-state index in [9.17, 15) is 18.0 Å². The fraction of sp³-hybridized carbons (Fsp3) is 0.300. The molecule has 150 valence electrons. The van der Waals surface area contributed by atoms with Gasteiger partial charge in [-0.3, -0.25) is 14.3 Å². The molecule has 8 heteroatoms. The predicted octanol–water partition coefficient (Wildman–Crippen LogP) is 3.14. The van der Waals surface area contributed by atoms with E-state index in [1.807, 2.05) is 13.8 Å². The van der Waals surface area contributed by atoms with Gasteiger partial charge in [0.15, 0.2) is 0 Å². The standard InChI is InChI=1S/C20H25N3O4S/c1-13(2)12-21-20(25)19-11-18(10-5-14(19)3)28(26,27)23-17-8-6-16(7-9-17)22-15(4)24/h5-11,13,23H,12H2,1-4H3,(H,21,25)(H,22,24). The van der Waals surface area contributed by atoms with Gasteiger partial charge < -0.3 is 10.6 Å². The van der Waals surface area contributed by atoms with Crippen LogP contribution in [-0.2, 0) is 14.8 Å². The SMILES string of the molecule is CC(=O)Nc1ccc(NS(=O)(=O)c2ccc(C)c(C(=O)NCC(C)C)c2)cc1. The Morgan fingerprint density at radius 2 is 1.61 bits per heavy atom. The largest absolute Gasteiger partial charge is 0.352 e. The predicted molar refractivity (Wildman–Crippen MR) is 110 cm³/mol. The van der Waals surface area contributed by atoms with Crippen LogP contribution in [0.1, 0.15) is 36.7 Å². The first-order chi connectivity index (χ1) is 13.1. The quantitative estimate of drug-likeness (QED) is 0.660. The molecule has 7 nitrogen and oxygen atoms in total. The molecule has 0 aliphatic rings. The maximum absolute atomic E-state index is 12.7. The van der Waals surface area contributed by atoms with Crippen LogP contribution in [0.5, 0.6) is 0 Å². The molecule has 0 aromatic heterocycles. The first kappa shape index (κ1) is 21.4. The Bertz CT molecular complexity index is 967. The highest BCUT2D eigenvalue weighted by Gasteiger charge is 2.18. The van der Waals surface area contributed by atoms with Crippen molar-refractivity contribution in [1.82, 2.24) is 5.32 Å². The number of hydrogen-bond donors (Lipinski definition) is 3. The number of sulfonamides is 1. The monoisotopic (exact) mass is 403 g/mol. The van der Waals surface area contributed by atoms with Crippen molar-refractivity contribution in [2.24, 2.45) is 5.92 Å². The van der Waals surface area contributed by atoms with E-state index in [-0.39, 0.29) is 16.7 Å². The van der Waals surface area contributed by atoms with Crippen LogP contribution in [0.25, 0.3) is 0 Å². The number of anilines is 2. The summed E-state index contributed by atoms with van der Waals surface area (Å²) in [4.78, 5) is 23.4. The van der Waals surface area contributed by atoms with Gasteiger partial charge in [-0.05, 0) is 54.8 Å². The van der Waals surface area contributed by atoms with Gasteiger partial charge in [-0.1, -0.05) is 19.9 Å². The number of amides is 2. The molecule has 0 spiro atoms. The third kappa shape index (κ3) is 5.82. The molecule has 28 heavy (non-hydrogen) atoms. The number of carbonyl (C=O) groups excluding carboxylic acids is 2. The van der Waals surface area contributed by atoms with Gasteiger partial charge in [-0.15, -0.1) is 0 Å². The van der Waals surface area contributed by atoms with E-state index in [0.717, 1.165) is 0 Å². The maximum Gasteiger partial charge on any atom is 0.261 e. The third-order valence-corrected chi connectivity index (χ3v) is 5.27. The van der Waals surface area contributed by atoms with Crippen LogP contribution in [0.4, 0.5) is 11.4 Å². The molecule has 0 aliphatic carbocycles. The van der Waals surface area contributed by atoms with Crippen LogP contribution in [0.2, 0.25) is 0 Å².